The Morgan fingerprint density at radius 3 is 2.48 bits per heavy atom. The highest BCUT2D eigenvalue weighted by Crippen LogP contribution is 2.15. The second-order valence-electron chi connectivity index (χ2n) is 6.90. The second kappa shape index (κ2) is 9.73. The van der Waals surface area contributed by atoms with Crippen LogP contribution in [-0.2, 0) is 22.6 Å². The first kappa shape index (κ1) is 20.4. The fourth-order valence-electron chi connectivity index (χ4n) is 3.19. The van der Waals surface area contributed by atoms with Crippen molar-refractivity contribution in [1.29, 1.82) is 0 Å². The second-order valence-corrected chi connectivity index (χ2v) is 6.90. The Kier molecular flexibility index (Phi) is 6.84. The normalized spacial score (nSPS) is 15.9. The highest BCUT2D eigenvalue weighted by molar-refractivity contribution is 6.04. The SMILES string of the molecule is COc1ccc(CCNC(=O)CC[C@H]2NC(=O)N(Cc3ccccc3)C2=O)cc1. The fourth-order valence-corrected chi connectivity index (χ4v) is 3.19. The molecule has 0 saturated carbocycles. The van der Waals surface area contributed by atoms with Crippen molar-refractivity contribution in [3.63, 3.8) is 0 Å². The zero-order chi connectivity index (χ0) is 20.6. The zero-order valence-electron chi connectivity index (χ0n) is 16.4. The summed E-state index contributed by atoms with van der Waals surface area (Å²) in [5.74, 6) is 0.370. The van der Waals surface area contributed by atoms with Gasteiger partial charge < -0.3 is 15.4 Å². The summed E-state index contributed by atoms with van der Waals surface area (Å²) in [7, 11) is 1.62. The van der Waals surface area contributed by atoms with Crippen molar-refractivity contribution < 1.29 is 19.1 Å². The van der Waals surface area contributed by atoms with E-state index < -0.39 is 12.1 Å². The molecule has 2 aromatic carbocycles. The predicted molar refractivity (Wildman–Crippen MR) is 108 cm³/mol. The number of amides is 4. The van der Waals surface area contributed by atoms with Crippen LogP contribution in [0.1, 0.15) is 24.0 Å². The molecule has 0 radical (unpaired) electrons. The van der Waals surface area contributed by atoms with E-state index in [4.69, 9.17) is 4.74 Å². The quantitative estimate of drug-likeness (QED) is 0.638. The molecule has 2 N–H and O–H groups in total. The van der Waals surface area contributed by atoms with Crippen LogP contribution in [0.5, 0.6) is 5.75 Å². The summed E-state index contributed by atoms with van der Waals surface area (Å²) in [4.78, 5) is 37.9. The number of urea groups is 1. The van der Waals surface area contributed by atoms with Crippen LogP contribution in [0, 0.1) is 0 Å². The summed E-state index contributed by atoms with van der Waals surface area (Å²) in [6.45, 7) is 0.742. The van der Waals surface area contributed by atoms with E-state index in [1.165, 1.54) is 4.90 Å². The molecule has 7 nitrogen and oxygen atoms in total. The molecule has 0 bridgehead atoms. The Hall–Kier alpha value is -3.35. The first-order valence-corrected chi connectivity index (χ1v) is 9.62. The number of benzene rings is 2. The van der Waals surface area contributed by atoms with Crippen molar-refractivity contribution in [2.45, 2.75) is 31.8 Å². The maximum atomic E-state index is 12.5. The lowest BCUT2D eigenvalue weighted by Gasteiger charge is -2.13. The molecule has 7 heteroatoms. The van der Waals surface area contributed by atoms with Gasteiger partial charge in [0.15, 0.2) is 0 Å². The number of nitrogens with zero attached hydrogens (tertiary/aromatic N) is 1. The molecule has 1 heterocycles. The Balaban J connectivity index is 1.40. The van der Waals surface area contributed by atoms with Crippen molar-refractivity contribution in [2.75, 3.05) is 13.7 Å². The third-order valence-electron chi connectivity index (χ3n) is 4.85. The van der Waals surface area contributed by atoms with E-state index >= 15 is 0 Å². The average Bonchev–Trinajstić information content (AvgIpc) is 3.01. The summed E-state index contributed by atoms with van der Waals surface area (Å²) in [5, 5.41) is 5.52. The van der Waals surface area contributed by atoms with Gasteiger partial charge in [0.05, 0.1) is 13.7 Å². The fraction of sp³-hybridized carbons (Fsp3) is 0.318. The Morgan fingerprint density at radius 2 is 1.79 bits per heavy atom. The lowest BCUT2D eigenvalue weighted by Crippen LogP contribution is -2.33. The molecule has 152 valence electrons. The first-order chi connectivity index (χ1) is 14.1. The van der Waals surface area contributed by atoms with E-state index in [1.54, 1.807) is 7.11 Å². The highest BCUT2D eigenvalue weighted by Gasteiger charge is 2.37. The van der Waals surface area contributed by atoms with Crippen LogP contribution >= 0.6 is 0 Å². The summed E-state index contributed by atoms with van der Waals surface area (Å²) in [5.41, 5.74) is 1.98. The third kappa shape index (κ3) is 5.57. The van der Waals surface area contributed by atoms with Crippen LogP contribution in [-0.4, -0.2) is 42.4 Å². The van der Waals surface area contributed by atoms with Crippen molar-refractivity contribution in [2.24, 2.45) is 0 Å². The van der Waals surface area contributed by atoms with Gasteiger partial charge in [0.1, 0.15) is 11.8 Å². The molecule has 1 fully saturated rings. The Morgan fingerprint density at radius 1 is 1.07 bits per heavy atom. The topological polar surface area (TPSA) is 87.7 Å². The van der Waals surface area contributed by atoms with Gasteiger partial charge in [-0.15, -0.1) is 0 Å². The number of carbonyl (C=O) groups excluding carboxylic acids is 3. The molecule has 1 atom stereocenters. The number of imide groups is 1. The number of hydrogen-bond acceptors (Lipinski definition) is 4. The first-order valence-electron chi connectivity index (χ1n) is 9.62. The standard InChI is InChI=1S/C22H25N3O4/c1-29-18-9-7-16(8-10-18)13-14-23-20(26)12-11-19-21(27)25(22(28)24-19)15-17-5-3-2-4-6-17/h2-10,19H,11-15H2,1H3,(H,23,26)(H,24,28)/t19-/m1/s1. The van der Waals surface area contributed by atoms with Crippen molar-refractivity contribution >= 4 is 17.8 Å². The average molecular weight is 395 g/mol. The van der Waals surface area contributed by atoms with Crippen LogP contribution in [0.15, 0.2) is 54.6 Å². The Labute approximate surface area is 170 Å². The number of nitrogens with one attached hydrogen (secondary N) is 2. The molecular weight excluding hydrogens is 370 g/mol. The van der Waals surface area contributed by atoms with Gasteiger partial charge in [0.25, 0.3) is 5.91 Å². The minimum atomic E-state index is -0.654. The summed E-state index contributed by atoms with van der Waals surface area (Å²) in [6.07, 6.45) is 1.17. The molecule has 29 heavy (non-hydrogen) atoms. The molecule has 0 unspecified atom stereocenters. The van der Waals surface area contributed by atoms with Gasteiger partial charge in [-0.2, -0.15) is 0 Å². The molecule has 0 aliphatic carbocycles. The molecule has 2 aromatic rings. The Bertz CT molecular complexity index is 852. The molecule has 0 aromatic heterocycles. The van der Waals surface area contributed by atoms with E-state index in [1.807, 2.05) is 54.6 Å². The van der Waals surface area contributed by atoms with Gasteiger partial charge in [0, 0.05) is 13.0 Å². The van der Waals surface area contributed by atoms with Gasteiger partial charge in [-0.3, -0.25) is 14.5 Å². The summed E-state index contributed by atoms with van der Waals surface area (Å²) in [6, 6.07) is 15.9. The molecule has 4 amide bonds. The lowest BCUT2D eigenvalue weighted by atomic mass is 10.1. The summed E-state index contributed by atoms with van der Waals surface area (Å²) < 4.78 is 5.12. The van der Waals surface area contributed by atoms with Crippen LogP contribution in [0.3, 0.4) is 0 Å². The van der Waals surface area contributed by atoms with Crippen LogP contribution in [0.4, 0.5) is 4.79 Å². The minimum absolute atomic E-state index is 0.137. The van der Waals surface area contributed by atoms with Crippen LogP contribution < -0.4 is 15.4 Å². The molecule has 3 rings (SSSR count). The van der Waals surface area contributed by atoms with Crippen LogP contribution in [0.2, 0.25) is 0 Å². The lowest BCUT2D eigenvalue weighted by molar-refractivity contribution is -0.128. The van der Waals surface area contributed by atoms with E-state index in [-0.39, 0.29) is 31.2 Å². The number of rotatable bonds is 9. The van der Waals surface area contributed by atoms with Gasteiger partial charge in [0.2, 0.25) is 5.91 Å². The zero-order valence-corrected chi connectivity index (χ0v) is 16.4. The van der Waals surface area contributed by atoms with E-state index in [9.17, 15) is 14.4 Å². The van der Waals surface area contributed by atoms with E-state index in [2.05, 4.69) is 10.6 Å². The maximum Gasteiger partial charge on any atom is 0.325 e. The number of ether oxygens (including phenoxy) is 1. The van der Waals surface area contributed by atoms with Gasteiger partial charge in [-0.1, -0.05) is 42.5 Å². The smallest absolute Gasteiger partial charge is 0.325 e. The molecule has 1 saturated heterocycles. The molecule has 1 aliphatic heterocycles. The molecule has 1 aliphatic rings. The largest absolute Gasteiger partial charge is 0.497 e. The van der Waals surface area contributed by atoms with Crippen molar-refractivity contribution in [3.8, 4) is 5.75 Å². The van der Waals surface area contributed by atoms with Crippen LogP contribution in [0.25, 0.3) is 0 Å². The van der Waals surface area contributed by atoms with E-state index in [0.717, 1.165) is 16.9 Å². The number of carbonyl (C=O) groups is 3. The van der Waals surface area contributed by atoms with E-state index in [0.29, 0.717) is 13.0 Å². The maximum absolute atomic E-state index is 12.5. The van der Waals surface area contributed by atoms with Gasteiger partial charge in [-0.25, -0.2) is 4.79 Å². The van der Waals surface area contributed by atoms with Gasteiger partial charge >= 0.3 is 6.03 Å². The molecular formula is C22H25N3O4. The number of hydrogen-bond donors (Lipinski definition) is 2. The van der Waals surface area contributed by atoms with Gasteiger partial charge in [-0.05, 0) is 36.1 Å². The van der Waals surface area contributed by atoms with Crippen molar-refractivity contribution in [1.82, 2.24) is 15.5 Å². The monoisotopic (exact) mass is 395 g/mol. The third-order valence-corrected chi connectivity index (χ3v) is 4.85. The molecule has 0 spiro atoms. The number of methoxy groups -OCH3 is 1. The summed E-state index contributed by atoms with van der Waals surface area (Å²) >= 11 is 0. The predicted octanol–water partition coefficient (Wildman–Crippen LogP) is 2.25. The highest BCUT2D eigenvalue weighted by atomic mass is 16.5. The van der Waals surface area contributed by atoms with Crippen molar-refractivity contribution in [3.05, 3.63) is 65.7 Å². The minimum Gasteiger partial charge on any atom is -0.497 e.